The van der Waals surface area contributed by atoms with Gasteiger partial charge in [-0.2, -0.15) is 0 Å². The van der Waals surface area contributed by atoms with Crippen LogP contribution in [0, 0.1) is 0 Å². The molecule has 2 aromatic rings. The number of aliphatic hydroxyl groups is 2. The summed E-state index contributed by atoms with van der Waals surface area (Å²) in [6.45, 7) is 5.16. The Kier molecular flexibility index (Phi) is 8.52. The van der Waals surface area contributed by atoms with E-state index in [-0.39, 0.29) is 31.1 Å². The molecule has 0 spiro atoms. The van der Waals surface area contributed by atoms with Crippen molar-refractivity contribution in [3.8, 4) is 0 Å². The van der Waals surface area contributed by atoms with Crippen molar-refractivity contribution < 1.29 is 29.4 Å². The van der Waals surface area contributed by atoms with E-state index in [4.69, 9.17) is 9.57 Å². The minimum Gasteiger partial charge on any atom is -0.444 e. The van der Waals surface area contributed by atoms with Gasteiger partial charge < -0.3 is 24.7 Å². The number of anilines is 3. The summed E-state index contributed by atoms with van der Waals surface area (Å²) in [7, 11) is 1.51. The van der Waals surface area contributed by atoms with E-state index in [0.29, 0.717) is 30.9 Å². The summed E-state index contributed by atoms with van der Waals surface area (Å²) in [5.41, 5.74) is 6.77. The number of fused-ring (bicyclic) bond motifs is 1. The van der Waals surface area contributed by atoms with E-state index < -0.39 is 12.2 Å². The summed E-state index contributed by atoms with van der Waals surface area (Å²) >= 11 is 0. The summed E-state index contributed by atoms with van der Waals surface area (Å²) < 4.78 is 5.42. The monoisotopic (exact) mass is 512 g/mol. The van der Waals surface area contributed by atoms with Gasteiger partial charge in [-0.1, -0.05) is 18.2 Å². The number of amides is 2. The number of aliphatic hydroxyl groups excluding tert-OH is 2. The van der Waals surface area contributed by atoms with Gasteiger partial charge >= 0.3 is 6.09 Å². The minimum absolute atomic E-state index is 0.0272. The minimum atomic E-state index is -0.719. The Morgan fingerprint density at radius 1 is 1.11 bits per heavy atom. The van der Waals surface area contributed by atoms with Gasteiger partial charge in [-0.15, -0.1) is 0 Å². The van der Waals surface area contributed by atoms with Crippen molar-refractivity contribution in [3.05, 3.63) is 53.6 Å². The Morgan fingerprint density at radius 3 is 2.43 bits per heavy atom. The Hall–Kier alpha value is -3.34. The average molecular weight is 513 g/mol. The molecule has 3 N–H and O–H groups in total. The highest BCUT2D eigenvalue weighted by atomic mass is 16.6. The first-order chi connectivity index (χ1) is 17.8. The molecule has 0 saturated carbocycles. The second kappa shape index (κ2) is 11.8. The van der Waals surface area contributed by atoms with E-state index >= 15 is 0 Å². The molecule has 10 nitrogen and oxygen atoms in total. The Bertz CT molecular complexity index is 1090. The molecule has 4 rings (SSSR count). The maximum absolute atomic E-state index is 13.2. The zero-order chi connectivity index (χ0) is 26.5. The topological polar surface area (TPSA) is 115 Å². The van der Waals surface area contributed by atoms with Gasteiger partial charge in [0.2, 0.25) is 0 Å². The third-order valence-electron chi connectivity index (χ3n) is 6.68. The summed E-state index contributed by atoms with van der Waals surface area (Å²) in [6.07, 6.45) is -0.228. The normalized spacial score (nSPS) is 17.6. The molecule has 2 unspecified atom stereocenters. The fourth-order valence-corrected chi connectivity index (χ4v) is 5.08. The first kappa shape index (κ1) is 26.7. The number of cyclic esters (lactones) is 1. The molecule has 37 heavy (non-hydrogen) atoms. The number of benzene rings is 2. The summed E-state index contributed by atoms with van der Waals surface area (Å²) in [6, 6.07) is 13.2. The molecule has 0 bridgehead atoms. The van der Waals surface area contributed by atoms with Crippen LogP contribution in [-0.4, -0.2) is 78.7 Å². The molecule has 2 aliphatic rings. The van der Waals surface area contributed by atoms with E-state index in [1.54, 1.807) is 30.9 Å². The summed E-state index contributed by atoms with van der Waals surface area (Å²) in [5, 5.41) is 19.6. The number of hydrogen-bond acceptors (Lipinski definition) is 8. The zero-order valence-electron chi connectivity index (χ0n) is 21.6. The molecule has 200 valence electrons. The van der Waals surface area contributed by atoms with Crippen molar-refractivity contribution in [3.63, 3.8) is 0 Å². The Labute approximate surface area is 217 Å². The first-order valence-corrected chi connectivity index (χ1v) is 12.7. The van der Waals surface area contributed by atoms with Crippen LogP contribution in [0.5, 0.6) is 0 Å². The van der Waals surface area contributed by atoms with Gasteiger partial charge in [0.05, 0.1) is 36.4 Å². The Morgan fingerprint density at radius 2 is 1.78 bits per heavy atom. The van der Waals surface area contributed by atoms with Crippen LogP contribution in [0.4, 0.5) is 21.9 Å². The molecule has 1 saturated heterocycles. The number of rotatable bonds is 9. The summed E-state index contributed by atoms with van der Waals surface area (Å²) in [4.78, 5) is 36.5. The number of nitrogens with one attached hydrogen (secondary N) is 1. The molecule has 2 heterocycles. The van der Waals surface area contributed by atoms with Gasteiger partial charge in [0, 0.05) is 43.3 Å². The second-order valence-corrected chi connectivity index (χ2v) is 9.72. The number of ether oxygens (including phenoxy) is 1. The molecule has 2 atom stereocenters. The highest BCUT2D eigenvalue weighted by Crippen LogP contribution is 2.35. The van der Waals surface area contributed by atoms with Crippen molar-refractivity contribution in [2.75, 3.05) is 48.6 Å². The largest absolute Gasteiger partial charge is 0.444 e. The lowest BCUT2D eigenvalue weighted by Crippen LogP contribution is -2.49. The number of piperidine rings is 1. The SMILES string of the molecule is CONc1cc(C(=O)N(CC(C)O)CC(C)O)ccc1N1CCC(N2C(=O)OCc3ccccc32)CC1. The first-order valence-electron chi connectivity index (χ1n) is 12.7. The van der Waals surface area contributed by atoms with Crippen LogP contribution in [0.1, 0.15) is 42.6 Å². The lowest BCUT2D eigenvalue weighted by molar-refractivity contribution is 0.0518. The van der Waals surface area contributed by atoms with E-state index in [9.17, 15) is 19.8 Å². The molecule has 10 heteroatoms. The zero-order valence-corrected chi connectivity index (χ0v) is 21.6. The van der Waals surface area contributed by atoms with E-state index in [1.165, 1.54) is 12.0 Å². The molecular formula is C27H36N4O6. The predicted octanol–water partition coefficient (Wildman–Crippen LogP) is 2.99. The van der Waals surface area contributed by atoms with Gasteiger partial charge in [-0.05, 0) is 51.0 Å². The summed E-state index contributed by atoms with van der Waals surface area (Å²) in [5.74, 6) is -0.284. The number of carbonyl (C=O) groups is 2. The third kappa shape index (κ3) is 6.15. The molecule has 0 radical (unpaired) electrons. The maximum Gasteiger partial charge on any atom is 0.414 e. The fourth-order valence-electron chi connectivity index (χ4n) is 5.08. The second-order valence-electron chi connectivity index (χ2n) is 9.72. The lowest BCUT2D eigenvalue weighted by Gasteiger charge is -2.41. The predicted molar refractivity (Wildman–Crippen MR) is 141 cm³/mol. The third-order valence-corrected chi connectivity index (χ3v) is 6.68. The molecular weight excluding hydrogens is 476 g/mol. The average Bonchev–Trinajstić information content (AvgIpc) is 2.88. The van der Waals surface area contributed by atoms with Crippen molar-refractivity contribution in [1.29, 1.82) is 0 Å². The van der Waals surface area contributed by atoms with E-state index in [0.717, 1.165) is 29.8 Å². The van der Waals surface area contributed by atoms with Gasteiger partial charge in [-0.25, -0.2) is 4.79 Å². The standard InChI is InChI=1S/C27H36N4O6/c1-18(32)15-30(16-19(2)33)26(34)20-8-9-25(23(14-20)28-36-3)29-12-10-22(11-13-29)31-24-7-5-4-6-21(24)17-37-27(31)35/h4-9,14,18-19,22,28,32-33H,10-13,15-17H2,1-3H3. The molecule has 2 aliphatic heterocycles. The Balaban J connectivity index is 1.50. The van der Waals surface area contributed by atoms with Crippen molar-refractivity contribution in [2.45, 2.75) is 51.5 Å². The van der Waals surface area contributed by atoms with Gasteiger partial charge in [0.25, 0.3) is 5.91 Å². The van der Waals surface area contributed by atoms with Crippen molar-refractivity contribution >= 4 is 29.1 Å². The number of para-hydroxylation sites is 1. The van der Waals surface area contributed by atoms with E-state index in [1.807, 2.05) is 30.3 Å². The fraction of sp³-hybridized carbons (Fsp3) is 0.481. The number of hydrogen-bond donors (Lipinski definition) is 3. The molecule has 2 amide bonds. The van der Waals surface area contributed by atoms with Crippen LogP contribution in [0.25, 0.3) is 0 Å². The van der Waals surface area contributed by atoms with Crippen LogP contribution in [-0.2, 0) is 16.2 Å². The van der Waals surface area contributed by atoms with Crippen LogP contribution in [0.15, 0.2) is 42.5 Å². The number of carbonyl (C=O) groups excluding carboxylic acids is 2. The highest BCUT2D eigenvalue weighted by Gasteiger charge is 2.34. The molecule has 0 aromatic heterocycles. The maximum atomic E-state index is 13.2. The molecule has 2 aromatic carbocycles. The lowest BCUT2D eigenvalue weighted by atomic mass is 9.99. The van der Waals surface area contributed by atoms with E-state index in [2.05, 4.69) is 10.4 Å². The molecule has 0 aliphatic carbocycles. The van der Waals surface area contributed by atoms with Crippen LogP contribution < -0.4 is 15.3 Å². The van der Waals surface area contributed by atoms with Gasteiger partial charge in [0.1, 0.15) is 6.61 Å². The van der Waals surface area contributed by atoms with Gasteiger partial charge in [-0.3, -0.25) is 20.0 Å². The van der Waals surface area contributed by atoms with Crippen molar-refractivity contribution in [1.82, 2.24) is 4.90 Å². The van der Waals surface area contributed by atoms with Crippen LogP contribution >= 0.6 is 0 Å². The quantitative estimate of drug-likeness (QED) is 0.440. The smallest absolute Gasteiger partial charge is 0.414 e. The highest BCUT2D eigenvalue weighted by molar-refractivity contribution is 5.96. The van der Waals surface area contributed by atoms with Crippen LogP contribution in [0.2, 0.25) is 0 Å². The molecule has 1 fully saturated rings. The van der Waals surface area contributed by atoms with Gasteiger partial charge in [0.15, 0.2) is 0 Å². The van der Waals surface area contributed by atoms with Crippen molar-refractivity contribution in [2.24, 2.45) is 0 Å². The number of nitrogens with zero attached hydrogens (tertiary/aromatic N) is 3. The van der Waals surface area contributed by atoms with Crippen LogP contribution in [0.3, 0.4) is 0 Å².